The highest BCUT2D eigenvalue weighted by Gasteiger charge is 2.41. The summed E-state index contributed by atoms with van der Waals surface area (Å²) in [5.41, 5.74) is -1.73. The Hall–Kier alpha value is -2.67. The van der Waals surface area contributed by atoms with E-state index in [1.165, 1.54) is 24.3 Å². The van der Waals surface area contributed by atoms with Gasteiger partial charge in [-0.2, -0.15) is 8.78 Å². The topological polar surface area (TPSA) is 9.23 Å². The molecule has 0 aliphatic heterocycles. The van der Waals surface area contributed by atoms with Gasteiger partial charge in [0.1, 0.15) is 34.6 Å². The van der Waals surface area contributed by atoms with E-state index in [1.54, 1.807) is 0 Å². The lowest BCUT2D eigenvalue weighted by atomic mass is 10.0. The average molecular weight is 417 g/mol. The highest BCUT2D eigenvalue weighted by molar-refractivity contribution is 6.30. The molecule has 0 spiro atoms. The van der Waals surface area contributed by atoms with Crippen molar-refractivity contribution in [2.75, 3.05) is 0 Å². The van der Waals surface area contributed by atoms with Crippen LogP contribution in [0.2, 0.25) is 5.02 Å². The second-order valence-electron chi connectivity index (χ2n) is 5.95. The third kappa shape index (κ3) is 3.94. The summed E-state index contributed by atoms with van der Waals surface area (Å²) in [5.74, 6) is -6.34. The third-order valence-corrected chi connectivity index (χ3v) is 4.26. The number of alkyl halides is 2. The van der Waals surface area contributed by atoms with Gasteiger partial charge in [-0.3, -0.25) is 0 Å². The van der Waals surface area contributed by atoms with Crippen LogP contribution in [0.15, 0.2) is 48.5 Å². The van der Waals surface area contributed by atoms with Gasteiger partial charge in [0.2, 0.25) is 0 Å². The van der Waals surface area contributed by atoms with E-state index in [1.807, 2.05) is 0 Å². The van der Waals surface area contributed by atoms with Gasteiger partial charge in [-0.15, -0.1) is 0 Å². The van der Waals surface area contributed by atoms with Crippen molar-refractivity contribution in [3.63, 3.8) is 0 Å². The van der Waals surface area contributed by atoms with E-state index in [2.05, 4.69) is 4.74 Å². The molecular formula is C20H11ClF6O. The highest BCUT2D eigenvalue weighted by atomic mass is 35.5. The Kier molecular flexibility index (Phi) is 5.30. The fourth-order valence-electron chi connectivity index (χ4n) is 2.54. The zero-order chi connectivity index (χ0) is 20.6. The number of hydrogen-bond donors (Lipinski definition) is 0. The van der Waals surface area contributed by atoms with E-state index in [9.17, 15) is 26.3 Å². The Balaban J connectivity index is 1.99. The molecule has 3 aromatic rings. The molecule has 0 saturated heterocycles. The molecule has 3 aromatic carbocycles. The highest BCUT2D eigenvalue weighted by Crippen LogP contribution is 2.37. The lowest BCUT2D eigenvalue weighted by molar-refractivity contribution is -0.189. The SMILES string of the molecule is Cc1c(F)cc(OC(F)(F)c2c(F)cc(-c3ccc(Cl)cc3)cc2F)cc1F. The van der Waals surface area contributed by atoms with E-state index in [4.69, 9.17) is 11.6 Å². The minimum Gasteiger partial charge on any atom is -0.429 e. The fourth-order valence-corrected chi connectivity index (χ4v) is 2.67. The zero-order valence-corrected chi connectivity index (χ0v) is 14.9. The van der Waals surface area contributed by atoms with Gasteiger partial charge in [0.25, 0.3) is 0 Å². The molecule has 28 heavy (non-hydrogen) atoms. The van der Waals surface area contributed by atoms with Crippen LogP contribution in [0.5, 0.6) is 5.75 Å². The first-order valence-electron chi connectivity index (χ1n) is 7.86. The molecule has 0 aromatic heterocycles. The van der Waals surface area contributed by atoms with Gasteiger partial charge in [0, 0.05) is 22.7 Å². The first-order chi connectivity index (χ1) is 13.1. The second-order valence-corrected chi connectivity index (χ2v) is 6.39. The van der Waals surface area contributed by atoms with Crippen LogP contribution < -0.4 is 4.74 Å². The molecule has 0 aliphatic rings. The second kappa shape index (κ2) is 7.39. The monoisotopic (exact) mass is 416 g/mol. The molecule has 0 heterocycles. The maximum absolute atomic E-state index is 14.3. The van der Waals surface area contributed by atoms with Crippen molar-refractivity contribution in [1.29, 1.82) is 0 Å². The first kappa shape index (κ1) is 20.1. The van der Waals surface area contributed by atoms with E-state index >= 15 is 0 Å². The van der Waals surface area contributed by atoms with Crippen LogP contribution in [0.1, 0.15) is 11.1 Å². The van der Waals surface area contributed by atoms with Crippen molar-refractivity contribution < 1.29 is 31.1 Å². The van der Waals surface area contributed by atoms with Crippen molar-refractivity contribution in [2.45, 2.75) is 13.0 Å². The van der Waals surface area contributed by atoms with Crippen molar-refractivity contribution in [1.82, 2.24) is 0 Å². The normalized spacial score (nSPS) is 11.6. The van der Waals surface area contributed by atoms with Crippen molar-refractivity contribution >= 4 is 11.6 Å². The Morgan fingerprint density at radius 2 is 1.25 bits per heavy atom. The third-order valence-electron chi connectivity index (χ3n) is 4.01. The zero-order valence-electron chi connectivity index (χ0n) is 14.2. The molecule has 0 saturated carbocycles. The molecule has 0 amide bonds. The molecule has 3 rings (SSSR count). The standard InChI is InChI=1S/C20H11ClF6O/c1-10-15(22)8-14(9-16(10)23)28-20(26,27)19-17(24)6-12(7-18(19)25)11-2-4-13(21)5-3-11/h2-9H,1H3. The number of ether oxygens (including phenoxy) is 1. The molecule has 8 heteroatoms. The van der Waals surface area contributed by atoms with E-state index in [0.29, 0.717) is 34.9 Å². The summed E-state index contributed by atoms with van der Waals surface area (Å²) in [7, 11) is 0. The molecule has 0 bridgehead atoms. The lowest BCUT2D eigenvalue weighted by Gasteiger charge is -2.20. The number of halogens is 7. The number of benzene rings is 3. The van der Waals surface area contributed by atoms with E-state index in [0.717, 1.165) is 6.92 Å². The molecule has 0 N–H and O–H groups in total. The van der Waals surface area contributed by atoms with Crippen LogP contribution in [0.25, 0.3) is 11.1 Å². The maximum Gasteiger partial charge on any atom is 0.432 e. The van der Waals surface area contributed by atoms with Crippen LogP contribution in [-0.2, 0) is 6.11 Å². The van der Waals surface area contributed by atoms with Crippen LogP contribution >= 0.6 is 11.6 Å². The minimum absolute atomic E-state index is 0.00126. The summed E-state index contributed by atoms with van der Waals surface area (Å²) in [6.07, 6.45) is -4.51. The quantitative estimate of drug-likeness (QED) is 0.416. The van der Waals surface area contributed by atoms with Crippen LogP contribution in [0.4, 0.5) is 26.3 Å². The number of hydrogen-bond acceptors (Lipinski definition) is 1. The van der Waals surface area contributed by atoms with Crippen LogP contribution in [-0.4, -0.2) is 0 Å². The van der Waals surface area contributed by atoms with Gasteiger partial charge in [0.15, 0.2) is 0 Å². The van der Waals surface area contributed by atoms with Gasteiger partial charge in [-0.05, 0) is 42.3 Å². The Labute approximate surface area is 161 Å². The van der Waals surface area contributed by atoms with Crippen LogP contribution in [0, 0.1) is 30.2 Å². The summed E-state index contributed by atoms with van der Waals surface area (Å²) in [5, 5.41) is 0.388. The van der Waals surface area contributed by atoms with E-state index < -0.39 is 46.3 Å². The van der Waals surface area contributed by atoms with Crippen molar-refractivity contribution in [3.05, 3.63) is 87.9 Å². The fraction of sp³-hybridized carbons (Fsp3) is 0.100. The van der Waals surface area contributed by atoms with Gasteiger partial charge >= 0.3 is 6.11 Å². The van der Waals surface area contributed by atoms with Gasteiger partial charge in [-0.25, -0.2) is 17.6 Å². The molecule has 0 aliphatic carbocycles. The predicted octanol–water partition coefficient (Wildman–Crippen LogP) is 7.00. The molecule has 0 atom stereocenters. The Bertz CT molecular complexity index is 987. The largest absolute Gasteiger partial charge is 0.432 e. The van der Waals surface area contributed by atoms with Gasteiger partial charge < -0.3 is 4.74 Å². The van der Waals surface area contributed by atoms with Crippen LogP contribution in [0.3, 0.4) is 0 Å². The van der Waals surface area contributed by atoms with Gasteiger partial charge in [0.05, 0.1) is 0 Å². The maximum atomic E-state index is 14.3. The first-order valence-corrected chi connectivity index (χ1v) is 8.24. The summed E-state index contributed by atoms with van der Waals surface area (Å²) in [6, 6.07) is 8.28. The summed E-state index contributed by atoms with van der Waals surface area (Å²) in [6.45, 7) is 1.10. The Morgan fingerprint density at radius 3 is 1.75 bits per heavy atom. The molecule has 0 unspecified atom stereocenters. The smallest absolute Gasteiger partial charge is 0.429 e. The summed E-state index contributed by atoms with van der Waals surface area (Å²) < 4.78 is 88.6. The molecule has 1 nitrogen and oxygen atoms in total. The molecule has 0 radical (unpaired) electrons. The number of rotatable bonds is 4. The minimum atomic E-state index is -4.51. The van der Waals surface area contributed by atoms with Gasteiger partial charge in [-0.1, -0.05) is 23.7 Å². The predicted molar refractivity (Wildman–Crippen MR) is 92.4 cm³/mol. The molecule has 0 fully saturated rings. The van der Waals surface area contributed by atoms with E-state index in [-0.39, 0.29) is 5.56 Å². The van der Waals surface area contributed by atoms with Crippen molar-refractivity contribution in [2.24, 2.45) is 0 Å². The van der Waals surface area contributed by atoms with Crippen molar-refractivity contribution in [3.8, 4) is 16.9 Å². The molecule has 146 valence electrons. The molecular weight excluding hydrogens is 406 g/mol. The summed E-state index contributed by atoms with van der Waals surface area (Å²) >= 11 is 5.74. The lowest BCUT2D eigenvalue weighted by Crippen LogP contribution is -2.25. The Morgan fingerprint density at radius 1 is 0.750 bits per heavy atom. The average Bonchev–Trinajstić information content (AvgIpc) is 2.59. The summed E-state index contributed by atoms with van der Waals surface area (Å²) in [4.78, 5) is 0.